The van der Waals surface area contributed by atoms with Crippen LogP contribution < -0.4 is 5.73 Å². The second-order valence-electron chi connectivity index (χ2n) is 3.30. The molecule has 0 fully saturated rings. The molecule has 0 bridgehead atoms. The normalized spacial score (nSPS) is 10.9. The minimum atomic E-state index is -0.212. The van der Waals surface area contributed by atoms with Gasteiger partial charge in [-0.05, 0) is 30.8 Å². The minimum Gasteiger partial charge on any atom is -0.329 e. The molecule has 0 unspecified atom stereocenters. The molecule has 4 heteroatoms. The lowest BCUT2D eigenvalue weighted by atomic mass is 10.2. The number of nitrogens with zero attached hydrogens (tertiary/aromatic N) is 1. The van der Waals surface area contributed by atoms with E-state index in [1.807, 2.05) is 13.1 Å². The van der Waals surface area contributed by atoms with Crippen molar-refractivity contribution in [3.05, 3.63) is 34.1 Å². The summed E-state index contributed by atoms with van der Waals surface area (Å²) in [4.78, 5) is 2.06. The Morgan fingerprint density at radius 1 is 1.43 bits per heavy atom. The Morgan fingerprint density at radius 2 is 2.14 bits per heavy atom. The lowest BCUT2D eigenvalue weighted by Gasteiger charge is -2.15. The van der Waals surface area contributed by atoms with Crippen LogP contribution in [-0.2, 0) is 6.54 Å². The number of hydrogen-bond donors (Lipinski definition) is 1. The van der Waals surface area contributed by atoms with Crippen molar-refractivity contribution >= 4 is 15.9 Å². The van der Waals surface area contributed by atoms with Crippen LogP contribution in [0.5, 0.6) is 0 Å². The van der Waals surface area contributed by atoms with Crippen molar-refractivity contribution in [3.63, 3.8) is 0 Å². The minimum absolute atomic E-state index is 0.212. The van der Waals surface area contributed by atoms with Gasteiger partial charge in [0.25, 0.3) is 0 Å². The fourth-order valence-corrected chi connectivity index (χ4v) is 1.83. The maximum Gasteiger partial charge on any atom is 0.124 e. The number of nitrogens with two attached hydrogens (primary N) is 1. The Hall–Kier alpha value is -0.450. The third-order valence-corrected chi connectivity index (χ3v) is 2.34. The van der Waals surface area contributed by atoms with Crippen molar-refractivity contribution in [2.24, 2.45) is 5.73 Å². The molecule has 0 aromatic heterocycles. The van der Waals surface area contributed by atoms with E-state index in [1.165, 1.54) is 12.1 Å². The van der Waals surface area contributed by atoms with Gasteiger partial charge < -0.3 is 10.6 Å². The average Bonchev–Trinajstić information content (AvgIpc) is 2.01. The van der Waals surface area contributed by atoms with Gasteiger partial charge in [0.2, 0.25) is 0 Å². The van der Waals surface area contributed by atoms with E-state index < -0.39 is 0 Å². The van der Waals surface area contributed by atoms with Crippen LogP contribution in [0.15, 0.2) is 22.7 Å². The molecule has 0 radical (unpaired) electrons. The fourth-order valence-electron chi connectivity index (χ4n) is 1.31. The predicted octanol–water partition coefficient (Wildman–Crippen LogP) is 1.98. The second kappa shape index (κ2) is 5.44. The first-order valence-corrected chi connectivity index (χ1v) is 5.24. The average molecular weight is 261 g/mol. The summed E-state index contributed by atoms with van der Waals surface area (Å²) in [6.45, 7) is 2.15. The van der Waals surface area contributed by atoms with E-state index in [1.54, 1.807) is 0 Å². The molecule has 0 saturated heterocycles. The summed E-state index contributed by atoms with van der Waals surface area (Å²) in [7, 11) is 1.96. The molecular formula is C10H14BrFN2. The van der Waals surface area contributed by atoms with Crippen molar-refractivity contribution in [2.45, 2.75) is 6.54 Å². The lowest BCUT2D eigenvalue weighted by molar-refractivity contribution is 0.335. The topological polar surface area (TPSA) is 29.3 Å². The van der Waals surface area contributed by atoms with E-state index in [2.05, 4.69) is 20.8 Å². The van der Waals surface area contributed by atoms with Crippen LogP contribution in [0.2, 0.25) is 0 Å². The summed E-state index contributed by atoms with van der Waals surface area (Å²) in [5.41, 5.74) is 6.37. The summed E-state index contributed by atoms with van der Waals surface area (Å²) in [5, 5.41) is 0. The summed E-state index contributed by atoms with van der Waals surface area (Å²) in [6, 6.07) is 4.90. The Kier molecular flexibility index (Phi) is 4.51. The summed E-state index contributed by atoms with van der Waals surface area (Å²) >= 11 is 3.26. The smallest absolute Gasteiger partial charge is 0.124 e. The maximum absolute atomic E-state index is 13.0. The van der Waals surface area contributed by atoms with E-state index in [-0.39, 0.29) is 5.82 Å². The first-order chi connectivity index (χ1) is 6.61. The van der Waals surface area contributed by atoms with Crippen LogP contribution >= 0.6 is 15.9 Å². The van der Waals surface area contributed by atoms with E-state index in [9.17, 15) is 4.39 Å². The van der Waals surface area contributed by atoms with Crippen LogP contribution in [-0.4, -0.2) is 25.0 Å². The molecule has 14 heavy (non-hydrogen) atoms. The van der Waals surface area contributed by atoms with Gasteiger partial charge in [-0.3, -0.25) is 0 Å². The van der Waals surface area contributed by atoms with Gasteiger partial charge in [-0.2, -0.15) is 0 Å². The molecule has 0 aliphatic rings. The van der Waals surface area contributed by atoms with Gasteiger partial charge in [0.05, 0.1) is 0 Å². The van der Waals surface area contributed by atoms with Crippen molar-refractivity contribution in [1.82, 2.24) is 4.90 Å². The fraction of sp³-hybridized carbons (Fsp3) is 0.400. The molecule has 0 aliphatic heterocycles. The second-order valence-corrected chi connectivity index (χ2v) is 4.22. The Bertz CT molecular complexity index is 284. The number of rotatable bonds is 4. The van der Waals surface area contributed by atoms with Crippen LogP contribution in [0.25, 0.3) is 0 Å². The number of benzene rings is 1. The molecule has 0 aliphatic carbocycles. The van der Waals surface area contributed by atoms with Crippen LogP contribution in [0.1, 0.15) is 5.56 Å². The zero-order chi connectivity index (χ0) is 10.6. The van der Waals surface area contributed by atoms with E-state index >= 15 is 0 Å². The largest absolute Gasteiger partial charge is 0.329 e. The van der Waals surface area contributed by atoms with Gasteiger partial charge in [-0.1, -0.05) is 15.9 Å². The Morgan fingerprint density at radius 3 is 2.71 bits per heavy atom. The van der Waals surface area contributed by atoms with Gasteiger partial charge >= 0.3 is 0 Å². The molecule has 0 heterocycles. The lowest BCUT2D eigenvalue weighted by Crippen LogP contribution is -2.24. The first kappa shape index (κ1) is 11.6. The Labute approximate surface area is 92.0 Å². The van der Waals surface area contributed by atoms with Gasteiger partial charge in [-0.25, -0.2) is 4.39 Å². The standard InChI is InChI=1S/C10H14BrFN2/c1-14(3-2-13)7-8-4-9(11)6-10(12)5-8/h4-6H,2-3,7,13H2,1H3. The SMILES string of the molecule is CN(CCN)Cc1cc(F)cc(Br)c1. The van der Waals surface area contributed by atoms with E-state index in [4.69, 9.17) is 5.73 Å². The molecule has 78 valence electrons. The molecule has 0 amide bonds. The number of halogens is 2. The van der Waals surface area contributed by atoms with Crippen LogP contribution in [0.3, 0.4) is 0 Å². The molecule has 2 nitrogen and oxygen atoms in total. The van der Waals surface area contributed by atoms with Crippen molar-refractivity contribution in [1.29, 1.82) is 0 Å². The Balaban J connectivity index is 2.66. The van der Waals surface area contributed by atoms with Gasteiger partial charge in [0.15, 0.2) is 0 Å². The van der Waals surface area contributed by atoms with Crippen molar-refractivity contribution < 1.29 is 4.39 Å². The molecule has 1 aromatic rings. The summed E-state index contributed by atoms with van der Waals surface area (Å²) in [6.07, 6.45) is 0. The molecule has 1 rings (SSSR count). The van der Waals surface area contributed by atoms with Crippen LogP contribution in [0, 0.1) is 5.82 Å². The first-order valence-electron chi connectivity index (χ1n) is 4.45. The number of hydrogen-bond acceptors (Lipinski definition) is 2. The molecule has 2 N–H and O–H groups in total. The molecule has 0 spiro atoms. The van der Waals surface area contributed by atoms with Crippen molar-refractivity contribution in [2.75, 3.05) is 20.1 Å². The van der Waals surface area contributed by atoms with E-state index in [0.717, 1.165) is 16.6 Å². The van der Waals surface area contributed by atoms with Crippen molar-refractivity contribution in [3.8, 4) is 0 Å². The zero-order valence-electron chi connectivity index (χ0n) is 8.13. The third kappa shape index (κ3) is 3.74. The highest BCUT2D eigenvalue weighted by Gasteiger charge is 2.02. The molecular weight excluding hydrogens is 247 g/mol. The molecule has 0 saturated carbocycles. The van der Waals surface area contributed by atoms with Gasteiger partial charge in [-0.15, -0.1) is 0 Å². The highest BCUT2D eigenvalue weighted by Crippen LogP contribution is 2.15. The summed E-state index contributed by atoms with van der Waals surface area (Å²) < 4.78 is 13.8. The highest BCUT2D eigenvalue weighted by atomic mass is 79.9. The van der Waals surface area contributed by atoms with Gasteiger partial charge in [0.1, 0.15) is 5.82 Å². The van der Waals surface area contributed by atoms with Gasteiger partial charge in [0, 0.05) is 24.1 Å². The quantitative estimate of drug-likeness (QED) is 0.898. The monoisotopic (exact) mass is 260 g/mol. The predicted molar refractivity (Wildman–Crippen MR) is 59.5 cm³/mol. The van der Waals surface area contributed by atoms with E-state index in [0.29, 0.717) is 13.1 Å². The highest BCUT2D eigenvalue weighted by molar-refractivity contribution is 9.10. The molecule has 0 atom stereocenters. The molecule has 1 aromatic carbocycles. The number of likely N-dealkylation sites (N-methyl/N-ethyl adjacent to an activating group) is 1. The maximum atomic E-state index is 13.0. The summed E-state index contributed by atoms with van der Waals surface area (Å²) in [5.74, 6) is -0.212. The van der Waals surface area contributed by atoms with Crippen LogP contribution in [0.4, 0.5) is 4.39 Å². The third-order valence-electron chi connectivity index (χ3n) is 1.89. The zero-order valence-corrected chi connectivity index (χ0v) is 9.72.